The van der Waals surface area contributed by atoms with Gasteiger partial charge < -0.3 is 4.90 Å². The van der Waals surface area contributed by atoms with E-state index in [1.54, 1.807) is 23.6 Å². The van der Waals surface area contributed by atoms with Crippen LogP contribution in [0.3, 0.4) is 0 Å². The molecule has 1 unspecified atom stereocenters. The number of hydrogen-bond acceptors (Lipinski definition) is 3. The molecule has 1 atom stereocenters. The zero-order valence-electron chi connectivity index (χ0n) is 11.2. The highest BCUT2D eigenvalue weighted by Crippen LogP contribution is 2.35. The fraction of sp³-hybridized carbons (Fsp3) is 0.333. The Balaban J connectivity index is 1.90. The van der Waals surface area contributed by atoms with E-state index in [2.05, 4.69) is 39.3 Å². The summed E-state index contributed by atoms with van der Waals surface area (Å²) >= 11 is 5.14. The molecule has 0 spiro atoms. The van der Waals surface area contributed by atoms with Gasteiger partial charge in [0.1, 0.15) is 5.69 Å². The van der Waals surface area contributed by atoms with Crippen LogP contribution in [-0.4, -0.2) is 22.3 Å². The van der Waals surface area contributed by atoms with Crippen molar-refractivity contribution < 1.29 is 4.79 Å². The highest BCUT2D eigenvalue weighted by Gasteiger charge is 2.31. The van der Waals surface area contributed by atoms with Gasteiger partial charge in [-0.1, -0.05) is 6.92 Å². The normalized spacial score (nSPS) is 17.9. The number of carbonyl (C=O) groups excluding carboxylic acids is 1. The van der Waals surface area contributed by atoms with Gasteiger partial charge in [0.2, 0.25) is 0 Å². The maximum Gasteiger partial charge on any atom is 0.272 e. The molecule has 0 aliphatic carbocycles. The summed E-state index contributed by atoms with van der Waals surface area (Å²) < 4.78 is 0.889. The molecule has 104 valence electrons. The van der Waals surface area contributed by atoms with Gasteiger partial charge in [0, 0.05) is 22.1 Å². The quantitative estimate of drug-likeness (QED) is 0.818. The number of thiophene rings is 1. The maximum atomic E-state index is 12.7. The predicted molar refractivity (Wildman–Crippen MR) is 84.0 cm³/mol. The summed E-state index contributed by atoms with van der Waals surface area (Å²) in [5.41, 5.74) is 1.83. The third-order valence-corrected chi connectivity index (χ3v) is 5.15. The van der Waals surface area contributed by atoms with Crippen LogP contribution in [0.2, 0.25) is 0 Å². The number of halogens is 1. The van der Waals surface area contributed by atoms with Crippen LogP contribution in [0, 0.1) is 0 Å². The topological polar surface area (TPSA) is 33.2 Å². The molecule has 3 heterocycles. The minimum atomic E-state index is 0.0289. The van der Waals surface area contributed by atoms with Gasteiger partial charge in [-0.2, -0.15) is 0 Å². The minimum Gasteiger partial charge on any atom is -0.330 e. The number of hydrogen-bond donors (Lipinski definition) is 0. The van der Waals surface area contributed by atoms with Crippen molar-refractivity contribution in [3.63, 3.8) is 0 Å². The van der Waals surface area contributed by atoms with E-state index in [1.165, 1.54) is 10.4 Å². The van der Waals surface area contributed by atoms with E-state index in [9.17, 15) is 4.79 Å². The van der Waals surface area contributed by atoms with Crippen LogP contribution in [0.4, 0.5) is 0 Å². The Kier molecular flexibility index (Phi) is 3.89. The highest BCUT2D eigenvalue weighted by atomic mass is 79.9. The maximum absolute atomic E-state index is 12.7. The molecule has 0 radical (unpaired) electrons. The lowest BCUT2D eigenvalue weighted by atomic mass is 9.97. The number of pyridine rings is 1. The SMILES string of the molecule is CCC1c2ccsc2CCN1C(=O)c1ccc(Br)cn1. The summed E-state index contributed by atoms with van der Waals surface area (Å²) in [4.78, 5) is 20.3. The number of carbonyl (C=O) groups is 1. The molecule has 20 heavy (non-hydrogen) atoms. The second-order valence-electron chi connectivity index (χ2n) is 4.83. The van der Waals surface area contributed by atoms with E-state index in [0.717, 1.165) is 23.9 Å². The fourth-order valence-corrected chi connectivity index (χ4v) is 3.89. The summed E-state index contributed by atoms with van der Waals surface area (Å²) in [6.07, 6.45) is 3.56. The molecular formula is C15H15BrN2OS. The standard InChI is InChI=1S/C15H15BrN2OS/c1-2-13-11-6-8-20-14(11)5-7-18(13)15(19)12-4-3-10(16)9-17-12/h3-4,6,8-9,13H,2,5,7H2,1H3. The molecule has 0 saturated carbocycles. The van der Waals surface area contributed by atoms with Crippen molar-refractivity contribution in [1.82, 2.24) is 9.88 Å². The molecule has 1 aliphatic heterocycles. The number of amides is 1. The van der Waals surface area contributed by atoms with E-state index in [0.29, 0.717) is 5.69 Å². The fourth-order valence-electron chi connectivity index (χ4n) is 2.73. The first-order chi connectivity index (χ1) is 9.70. The van der Waals surface area contributed by atoms with Gasteiger partial charge >= 0.3 is 0 Å². The lowest BCUT2D eigenvalue weighted by Crippen LogP contribution is -2.39. The molecule has 0 bridgehead atoms. The molecule has 2 aromatic heterocycles. The van der Waals surface area contributed by atoms with Gasteiger partial charge in [-0.15, -0.1) is 11.3 Å². The average Bonchev–Trinajstić information content (AvgIpc) is 2.94. The first-order valence-electron chi connectivity index (χ1n) is 6.69. The first kappa shape index (κ1) is 13.8. The third kappa shape index (κ3) is 2.40. The molecule has 0 aromatic carbocycles. The Morgan fingerprint density at radius 1 is 1.50 bits per heavy atom. The van der Waals surface area contributed by atoms with E-state index in [-0.39, 0.29) is 11.9 Å². The minimum absolute atomic E-state index is 0.0289. The van der Waals surface area contributed by atoms with E-state index in [4.69, 9.17) is 0 Å². The molecule has 1 aliphatic rings. The van der Waals surface area contributed by atoms with Gasteiger partial charge in [0.25, 0.3) is 5.91 Å². The second kappa shape index (κ2) is 5.66. The molecular weight excluding hydrogens is 336 g/mol. The molecule has 0 N–H and O–H groups in total. The summed E-state index contributed by atoms with van der Waals surface area (Å²) in [5.74, 6) is 0.0289. The van der Waals surface area contributed by atoms with Gasteiger partial charge in [-0.3, -0.25) is 4.79 Å². The van der Waals surface area contributed by atoms with Crippen LogP contribution in [0.25, 0.3) is 0 Å². The Morgan fingerprint density at radius 3 is 3.05 bits per heavy atom. The van der Waals surface area contributed by atoms with Crippen molar-refractivity contribution >= 4 is 33.2 Å². The van der Waals surface area contributed by atoms with Crippen molar-refractivity contribution in [3.8, 4) is 0 Å². The molecule has 5 heteroatoms. The van der Waals surface area contributed by atoms with Crippen LogP contribution in [0.5, 0.6) is 0 Å². The lowest BCUT2D eigenvalue weighted by molar-refractivity contribution is 0.0651. The summed E-state index contributed by atoms with van der Waals surface area (Å²) in [5, 5.41) is 2.12. The Morgan fingerprint density at radius 2 is 2.35 bits per heavy atom. The second-order valence-corrected chi connectivity index (χ2v) is 6.75. The average molecular weight is 351 g/mol. The zero-order chi connectivity index (χ0) is 14.1. The van der Waals surface area contributed by atoms with Crippen molar-refractivity contribution in [2.24, 2.45) is 0 Å². The van der Waals surface area contributed by atoms with Gasteiger partial charge in [-0.05, 0) is 57.9 Å². The van der Waals surface area contributed by atoms with Crippen LogP contribution in [0.15, 0.2) is 34.2 Å². The third-order valence-electron chi connectivity index (χ3n) is 3.69. The Bertz CT molecular complexity index is 623. The Hall–Kier alpha value is -1.20. The molecule has 0 fully saturated rings. The van der Waals surface area contributed by atoms with Crippen molar-refractivity contribution in [1.29, 1.82) is 0 Å². The van der Waals surface area contributed by atoms with Gasteiger partial charge in [-0.25, -0.2) is 4.98 Å². The van der Waals surface area contributed by atoms with Crippen molar-refractivity contribution in [3.05, 3.63) is 50.4 Å². The first-order valence-corrected chi connectivity index (χ1v) is 8.36. The van der Waals surface area contributed by atoms with E-state index in [1.807, 2.05) is 11.0 Å². The van der Waals surface area contributed by atoms with Crippen molar-refractivity contribution in [2.75, 3.05) is 6.54 Å². The molecule has 1 amide bonds. The van der Waals surface area contributed by atoms with Crippen LogP contribution >= 0.6 is 27.3 Å². The number of aromatic nitrogens is 1. The van der Waals surface area contributed by atoms with Crippen LogP contribution in [0.1, 0.15) is 40.3 Å². The summed E-state index contributed by atoms with van der Waals surface area (Å²) in [6, 6.07) is 5.98. The van der Waals surface area contributed by atoms with Crippen LogP contribution < -0.4 is 0 Å². The summed E-state index contributed by atoms with van der Waals surface area (Å²) in [7, 11) is 0. The largest absolute Gasteiger partial charge is 0.330 e. The van der Waals surface area contributed by atoms with Crippen molar-refractivity contribution in [2.45, 2.75) is 25.8 Å². The lowest BCUT2D eigenvalue weighted by Gasteiger charge is -2.35. The smallest absolute Gasteiger partial charge is 0.272 e. The number of rotatable bonds is 2. The van der Waals surface area contributed by atoms with E-state index >= 15 is 0 Å². The zero-order valence-corrected chi connectivity index (χ0v) is 13.6. The number of fused-ring (bicyclic) bond motifs is 1. The number of nitrogens with zero attached hydrogens (tertiary/aromatic N) is 2. The van der Waals surface area contributed by atoms with Gasteiger partial charge in [0.05, 0.1) is 6.04 Å². The van der Waals surface area contributed by atoms with Crippen LogP contribution in [-0.2, 0) is 6.42 Å². The Labute approximate surface area is 130 Å². The molecule has 0 saturated heterocycles. The predicted octanol–water partition coefficient (Wildman–Crippen LogP) is 4.06. The van der Waals surface area contributed by atoms with E-state index < -0.39 is 0 Å². The highest BCUT2D eigenvalue weighted by molar-refractivity contribution is 9.10. The molecule has 3 rings (SSSR count). The molecule has 3 nitrogen and oxygen atoms in total. The molecule has 2 aromatic rings. The van der Waals surface area contributed by atoms with Gasteiger partial charge in [0.15, 0.2) is 0 Å². The monoisotopic (exact) mass is 350 g/mol. The summed E-state index contributed by atoms with van der Waals surface area (Å²) in [6.45, 7) is 2.91.